The number of amides is 2. The van der Waals surface area contributed by atoms with E-state index in [1.807, 2.05) is 6.92 Å². The van der Waals surface area contributed by atoms with E-state index in [9.17, 15) is 14.7 Å². The molecule has 0 bridgehead atoms. The van der Waals surface area contributed by atoms with Crippen molar-refractivity contribution in [2.75, 3.05) is 19.6 Å². The van der Waals surface area contributed by atoms with Gasteiger partial charge in [-0.2, -0.15) is 0 Å². The molecule has 0 unspecified atom stereocenters. The first-order valence-corrected chi connectivity index (χ1v) is 7.68. The predicted molar refractivity (Wildman–Crippen MR) is 93.9 cm³/mol. The van der Waals surface area contributed by atoms with E-state index in [0.29, 0.717) is 13.1 Å². The first kappa shape index (κ1) is 21.6. The quantitative estimate of drug-likeness (QED) is 0.0843. The third-order valence-corrected chi connectivity index (χ3v) is 2.81. The van der Waals surface area contributed by atoms with E-state index in [-0.39, 0.29) is 37.2 Å². The van der Waals surface area contributed by atoms with Gasteiger partial charge in [0.2, 0.25) is 11.8 Å². The molecule has 136 valence electrons. The Kier molecular flexibility index (Phi) is 11.8. The summed E-state index contributed by atoms with van der Waals surface area (Å²) in [5.41, 5.74) is 16.1. The van der Waals surface area contributed by atoms with E-state index in [4.69, 9.17) is 17.2 Å². The van der Waals surface area contributed by atoms with E-state index in [2.05, 4.69) is 15.6 Å². The van der Waals surface area contributed by atoms with Crippen LogP contribution in [0, 0.1) is 0 Å². The second-order valence-corrected chi connectivity index (χ2v) is 5.14. The molecule has 9 nitrogen and oxygen atoms in total. The molecule has 0 aliphatic rings. The van der Waals surface area contributed by atoms with Crippen molar-refractivity contribution in [2.45, 2.75) is 31.9 Å². The standard InChI is InChI=1S/C15H28N6O3/c1-2-3-4-5-13(23)21-10-12(22)8-11(16)9-14(24)19-6-7-20-15(17)18/h2-5,11-12,22H,6-10,16H2,1H3,(H,19,24)(H,21,23)(H4,17,18,20)/b3-2-,5-4+/t11-,12-/m1/s1. The van der Waals surface area contributed by atoms with Crippen LogP contribution >= 0.6 is 0 Å². The number of aliphatic hydroxyl groups is 1. The van der Waals surface area contributed by atoms with Gasteiger partial charge in [-0.05, 0) is 13.3 Å². The van der Waals surface area contributed by atoms with Gasteiger partial charge in [-0.25, -0.2) is 0 Å². The molecule has 9 N–H and O–H groups in total. The molecule has 0 rings (SSSR count). The maximum absolute atomic E-state index is 11.6. The fourth-order valence-corrected chi connectivity index (χ4v) is 1.74. The summed E-state index contributed by atoms with van der Waals surface area (Å²) in [5.74, 6) is -0.594. The van der Waals surface area contributed by atoms with Crippen LogP contribution in [-0.2, 0) is 9.59 Å². The van der Waals surface area contributed by atoms with Crippen LogP contribution in [-0.4, -0.2) is 54.7 Å². The topological polar surface area (TPSA) is 169 Å². The zero-order chi connectivity index (χ0) is 18.4. The van der Waals surface area contributed by atoms with Gasteiger partial charge in [-0.1, -0.05) is 18.2 Å². The number of hydrogen-bond acceptors (Lipinski definition) is 5. The summed E-state index contributed by atoms with van der Waals surface area (Å²) >= 11 is 0. The first-order valence-electron chi connectivity index (χ1n) is 7.68. The van der Waals surface area contributed by atoms with E-state index in [0.717, 1.165) is 0 Å². The highest BCUT2D eigenvalue weighted by Crippen LogP contribution is 2.00. The first-order chi connectivity index (χ1) is 11.3. The summed E-state index contributed by atoms with van der Waals surface area (Å²) in [7, 11) is 0. The van der Waals surface area contributed by atoms with Gasteiger partial charge in [0.1, 0.15) is 0 Å². The molecule has 0 fully saturated rings. The number of nitrogens with two attached hydrogens (primary N) is 3. The highest BCUT2D eigenvalue weighted by Gasteiger charge is 2.14. The minimum Gasteiger partial charge on any atom is -0.391 e. The number of rotatable bonds is 11. The van der Waals surface area contributed by atoms with Crippen LogP contribution in [0.3, 0.4) is 0 Å². The van der Waals surface area contributed by atoms with Crippen molar-refractivity contribution in [3.05, 3.63) is 24.3 Å². The van der Waals surface area contributed by atoms with Crippen molar-refractivity contribution < 1.29 is 14.7 Å². The Hall–Kier alpha value is -2.39. The lowest BCUT2D eigenvalue weighted by Crippen LogP contribution is -2.38. The molecule has 0 saturated heterocycles. The van der Waals surface area contributed by atoms with Gasteiger partial charge >= 0.3 is 0 Å². The number of guanidine groups is 1. The SMILES string of the molecule is C/C=C\C=C\C(=O)NC[C@H](O)C[C@@H](N)CC(=O)NCCN=C(N)N. The van der Waals surface area contributed by atoms with Crippen molar-refractivity contribution in [1.29, 1.82) is 0 Å². The summed E-state index contributed by atoms with van der Waals surface area (Å²) in [6.07, 6.45) is 5.90. The molecule has 0 saturated carbocycles. The van der Waals surface area contributed by atoms with Crippen molar-refractivity contribution in [3.63, 3.8) is 0 Å². The molecule has 0 aromatic rings. The summed E-state index contributed by atoms with van der Waals surface area (Å²) < 4.78 is 0. The zero-order valence-corrected chi connectivity index (χ0v) is 13.9. The average molecular weight is 340 g/mol. The van der Waals surface area contributed by atoms with Crippen LogP contribution < -0.4 is 27.8 Å². The zero-order valence-electron chi connectivity index (χ0n) is 13.9. The lowest BCUT2D eigenvalue weighted by Gasteiger charge is -2.16. The van der Waals surface area contributed by atoms with Crippen LogP contribution in [0.15, 0.2) is 29.3 Å². The summed E-state index contributed by atoms with van der Waals surface area (Å²) in [5, 5.41) is 15.0. The minimum atomic E-state index is -0.825. The minimum absolute atomic E-state index is 0.0355. The molecule has 0 spiro atoms. The maximum atomic E-state index is 11.6. The van der Waals surface area contributed by atoms with Gasteiger partial charge in [0.15, 0.2) is 5.96 Å². The highest BCUT2D eigenvalue weighted by molar-refractivity contribution is 5.87. The number of nitrogens with zero attached hydrogens (tertiary/aromatic N) is 1. The Morgan fingerprint density at radius 2 is 1.96 bits per heavy atom. The third kappa shape index (κ3) is 13.3. The van der Waals surface area contributed by atoms with Gasteiger partial charge in [0, 0.05) is 31.6 Å². The molecule has 0 radical (unpaired) electrons. The smallest absolute Gasteiger partial charge is 0.244 e. The molecule has 2 amide bonds. The maximum Gasteiger partial charge on any atom is 0.244 e. The number of hydrogen-bond donors (Lipinski definition) is 6. The lowest BCUT2D eigenvalue weighted by molar-refractivity contribution is -0.121. The Balaban J connectivity index is 3.92. The molecule has 9 heteroatoms. The molecular formula is C15H28N6O3. The van der Waals surface area contributed by atoms with Crippen LogP contribution in [0.4, 0.5) is 0 Å². The molecule has 24 heavy (non-hydrogen) atoms. The molecule has 2 atom stereocenters. The lowest BCUT2D eigenvalue weighted by atomic mass is 10.1. The Bertz CT molecular complexity index is 472. The largest absolute Gasteiger partial charge is 0.391 e. The average Bonchev–Trinajstić information content (AvgIpc) is 2.49. The number of aliphatic hydroxyl groups excluding tert-OH is 1. The van der Waals surface area contributed by atoms with Crippen LogP contribution in [0.5, 0.6) is 0 Å². The van der Waals surface area contributed by atoms with E-state index in [1.54, 1.807) is 18.2 Å². The van der Waals surface area contributed by atoms with Crippen LogP contribution in [0.2, 0.25) is 0 Å². The van der Waals surface area contributed by atoms with E-state index in [1.165, 1.54) is 6.08 Å². The second kappa shape index (κ2) is 13.1. The fourth-order valence-electron chi connectivity index (χ4n) is 1.74. The monoisotopic (exact) mass is 340 g/mol. The molecule has 0 aliphatic heterocycles. The van der Waals surface area contributed by atoms with Gasteiger partial charge < -0.3 is 32.9 Å². The Labute approximate surface area is 142 Å². The number of nitrogens with one attached hydrogen (secondary N) is 2. The van der Waals surface area contributed by atoms with Gasteiger partial charge in [0.05, 0.1) is 12.6 Å². The Morgan fingerprint density at radius 1 is 1.25 bits per heavy atom. The third-order valence-electron chi connectivity index (χ3n) is 2.81. The van der Waals surface area contributed by atoms with Crippen molar-refractivity contribution in [1.82, 2.24) is 10.6 Å². The van der Waals surface area contributed by atoms with E-state index < -0.39 is 12.1 Å². The normalized spacial score (nSPS) is 13.6. The van der Waals surface area contributed by atoms with Gasteiger partial charge in [-0.15, -0.1) is 0 Å². The van der Waals surface area contributed by atoms with Gasteiger partial charge in [-0.3, -0.25) is 14.6 Å². The fraction of sp³-hybridized carbons (Fsp3) is 0.533. The molecular weight excluding hydrogens is 312 g/mol. The number of allylic oxidation sites excluding steroid dienone is 3. The highest BCUT2D eigenvalue weighted by atomic mass is 16.3. The molecule has 0 aromatic carbocycles. The molecule has 0 aromatic heterocycles. The van der Waals surface area contributed by atoms with Crippen molar-refractivity contribution >= 4 is 17.8 Å². The number of aliphatic imine (C=N–C) groups is 1. The van der Waals surface area contributed by atoms with Crippen molar-refractivity contribution in [2.24, 2.45) is 22.2 Å². The number of carbonyl (C=O) groups excluding carboxylic acids is 2. The van der Waals surface area contributed by atoms with Crippen LogP contribution in [0.1, 0.15) is 19.8 Å². The summed E-state index contributed by atoms with van der Waals surface area (Å²) in [6, 6.07) is -0.515. The molecule has 0 heterocycles. The molecule has 0 aliphatic carbocycles. The summed E-state index contributed by atoms with van der Waals surface area (Å²) in [4.78, 5) is 26.8. The summed E-state index contributed by atoms with van der Waals surface area (Å²) in [6.45, 7) is 2.50. The van der Waals surface area contributed by atoms with E-state index >= 15 is 0 Å². The van der Waals surface area contributed by atoms with Gasteiger partial charge in [0.25, 0.3) is 0 Å². The predicted octanol–water partition coefficient (Wildman–Crippen LogP) is -1.91. The van der Waals surface area contributed by atoms with Crippen molar-refractivity contribution in [3.8, 4) is 0 Å². The van der Waals surface area contributed by atoms with Crippen LogP contribution in [0.25, 0.3) is 0 Å². The second-order valence-electron chi connectivity index (χ2n) is 5.14. The number of carbonyl (C=O) groups is 2. The Morgan fingerprint density at radius 3 is 2.58 bits per heavy atom.